The van der Waals surface area contributed by atoms with Gasteiger partial charge in [-0.2, -0.15) is 0 Å². The van der Waals surface area contributed by atoms with E-state index in [1.807, 2.05) is 31.2 Å². The molecule has 3 aromatic rings. The summed E-state index contributed by atoms with van der Waals surface area (Å²) in [7, 11) is 1.45. The second-order valence-electron chi connectivity index (χ2n) is 4.74. The summed E-state index contributed by atoms with van der Waals surface area (Å²) in [6, 6.07) is 10.6. The lowest BCUT2D eigenvalue weighted by Gasteiger charge is -2.08. The highest BCUT2D eigenvalue weighted by Crippen LogP contribution is 2.21. The monoisotopic (exact) mass is 286 g/mol. The van der Waals surface area contributed by atoms with Crippen molar-refractivity contribution in [3.63, 3.8) is 0 Å². The zero-order valence-electron chi connectivity index (χ0n) is 11.8. The molecule has 0 saturated heterocycles. The molecule has 3 rings (SSSR count). The first-order valence-corrected chi connectivity index (χ1v) is 6.59. The van der Waals surface area contributed by atoms with Gasteiger partial charge in [0.15, 0.2) is 23.0 Å². The second-order valence-corrected chi connectivity index (χ2v) is 4.74. The van der Waals surface area contributed by atoms with Gasteiger partial charge in [0, 0.05) is 19.2 Å². The lowest BCUT2D eigenvalue weighted by Crippen LogP contribution is -2.00. The van der Waals surface area contributed by atoms with Crippen LogP contribution in [-0.2, 0) is 6.54 Å². The van der Waals surface area contributed by atoms with Crippen LogP contribution in [0.25, 0.3) is 11.1 Å². The first kappa shape index (κ1) is 13.4. The molecule has 0 aliphatic carbocycles. The van der Waals surface area contributed by atoms with Crippen molar-refractivity contribution in [1.82, 2.24) is 4.98 Å². The summed E-state index contributed by atoms with van der Waals surface area (Å²) in [6.07, 6.45) is 0. The van der Waals surface area contributed by atoms with Crippen LogP contribution in [0.5, 0.6) is 5.75 Å². The largest absolute Gasteiger partial charge is 0.494 e. The molecule has 0 radical (unpaired) electrons. The molecule has 0 atom stereocenters. The Morgan fingerprint density at radius 2 is 2.10 bits per heavy atom. The van der Waals surface area contributed by atoms with Gasteiger partial charge < -0.3 is 14.5 Å². The maximum atomic E-state index is 13.6. The lowest BCUT2D eigenvalue weighted by atomic mass is 10.2. The Bertz CT molecular complexity index is 783. The van der Waals surface area contributed by atoms with Crippen LogP contribution in [0.1, 0.15) is 11.5 Å². The summed E-state index contributed by atoms with van der Waals surface area (Å²) < 4.78 is 23.9. The van der Waals surface area contributed by atoms with Gasteiger partial charge in [0.25, 0.3) is 0 Å². The Labute approximate surface area is 121 Å². The number of aromatic nitrogens is 1. The number of benzene rings is 2. The highest BCUT2D eigenvalue weighted by atomic mass is 19.1. The number of methoxy groups -OCH3 is 1. The second kappa shape index (κ2) is 5.44. The minimum Gasteiger partial charge on any atom is -0.494 e. The third kappa shape index (κ3) is 2.81. The van der Waals surface area contributed by atoms with Gasteiger partial charge in [-0.1, -0.05) is 6.07 Å². The first-order valence-electron chi connectivity index (χ1n) is 6.59. The summed E-state index contributed by atoms with van der Waals surface area (Å²) >= 11 is 0. The van der Waals surface area contributed by atoms with E-state index in [1.165, 1.54) is 13.2 Å². The number of oxazole rings is 1. The molecule has 0 saturated carbocycles. The quantitative estimate of drug-likeness (QED) is 0.790. The van der Waals surface area contributed by atoms with Crippen LogP contribution in [-0.4, -0.2) is 12.1 Å². The first-order chi connectivity index (χ1) is 10.2. The molecule has 0 bridgehead atoms. The van der Waals surface area contributed by atoms with E-state index in [-0.39, 0.29) is 11.6 Å². The minimum atomic E-state index is -0.362. The summed E-state index contributed by atoms with van der Waals surface area (Å²) in [4.78, 5) is 4.28. The molecular weight excluding hydrogens is 271 g/mol. The predicted molar refractivity (Wildman–Crippen MR) is 79.0 cm³/mol. The van der Waals surface area contributed by atoms with Crippen molar-refractivity contribution in [3.05, 3.63) is 53.7 Å². The molecule has 21 heavy (non-hydrogen) atoms. The van der Waals surface area contributed by atoms with E-state index >= 15 is 0 Å². The number of nitrogens with one attached hydrogen (secondary N) is 1. The van der Waals surface area contributed by atoms with Crippen molar-refractivity contribution < 1.29 is 13.5 Å². The van der Waals surface area contributed by atoms with Crippen molar-refractivity contribution in [2.45, 2.75) is 13.5 Å². The summed E-state index contributed by atoms with van der Waals surface area (Å²) in [5.41, 5.74) is 3.31. The van der Waals surface area contributed by atoms with Gasteiger partial charge in [0.05, 0.1) is 7.11 Å². The van der Waals surface area contributed by atoms with Gasteiger partial charge in [0.2, 0.25) is 0 Å². The van der Waals surface area contributed by atoms with Crippen LogP contribution >= 0.6 is 0 Å². The number of fused-ring (bicyclic) bond motifs is 1. The van der Waals surface area contributed by atoms with Crippen LogP contribution in [0.3, 0.4) is 0 Å². The van der Waals surface area contributed by atoms with Crippen molar-refractivity contribution in [2.24, 2.45) is 0 Å². The maximum absolute atomic E-state index is 13.6. The van der Waals surface area contributed by atoms with Gasteiger partial charge in [-0.05, 0) is 35.9 Å². The van der Waals surface area contributed by atoms with Crippen LogP contribution in [0.2, 0.25) is 0 Å². The van der Waals surface area contributed by atoms with Crippen LogP contribution < -0.4 is 10.1 Å². The highest BCUT2D eigenvalue weighted by Gasteiger charge is 2.05. The molecule has 0 aliphatic rings. The highest BCUT2D eigenvalue weighted by molar-refractivity contribution is 5.77. The Hall–Kier alpha value is -2.56. The molecule has 0 aliphatic heterocycles. The normalized spacial score (nSPS) is 10.8. The van der Waals surface area contributed by atoms with Gasteiger partial charge in [-0.25, -0.2) is 9.37 Å². The molecule has 1 N–H and O–H groups in total. The molecule has 1 heterocycles. The van der Waals surface area contributed by atoms with Crippen LogP contribution in [0, 0.1) is 12.7 Å². The molecule has 0 unspecified atom stereocenters. The third-order valence-electron chi connectivity index (χ3n) is 3.21. The Kier molecular flexibility index (Phi) is 3.48. The number of aryl methyl sites for hydroxylation is 1. The number of hydrogen-bond donors (Lipinski definition) is 1. The lowest BCUT2D eigenvalue weighted by molar-refractivity contribution is 0.386. The van der Waals surface area contributed by atoms with Crippen molar-refractivity contribution in [3.8, 4) is 5.75 Å². The molecule has 5 heteroatoms. The van der Waals surface area contributed by atoms with Gasteiger partial charge in [0.1, 0.15) is 5.52 Å². The minimum absolute atomic E-state index is 0.248. The van der Waals surface area contributed by atoms with E-state index in [0.717, 1.165) is 22.4 Å². The molecule has 2 aromatic carbocycles. The number of nitrogens with zero attached hydrogens (tertiary/aromatic N) is 1. The van der Waals surface area contributed by atoms with E-state index in [9.17, 15) is 4.39 Å². The van der Waals surface area contributed by atoms with Crippen molar-refractivity contribution in [1.29, 1.82) is 0 Å². The van der Waals surface area contributed by atoms with E-state index in [1.54, 1.807) is 6.07 Å². The standard InChI is InChI=1S/C16H15FN2O2/c1-10-19-14-8-12(4-6-16(14)21-10)18-9-11-3-5-15(20-2)13(17)7-11/h3-8,18H,9H2,1-2H3. The Balaban J connectivity index is 1.75. The SMILES string of the molecule is COc1ccc(CNc2ccc3oc(C)nc3c2)cc1F. The number of anilines is 1. The van der Waals surface area contributed by atoms with E-state index in [4.69, 9.17) is 9.15 Å². The van der Waals surface area contributed by atoms with Crippen molar-refractivity contribution >= 4 is 16.8 Å². The van der Waals surface area contributed by atoms with E-state index in [2.05, 4.69) is 10.3 Å². The average Bonchev–Trinajstić information content (AvgIpc) is 2.84. The summed E-state index contributed by atoms with van der Waals surface area (Å²) in [6.45, 7) is 2.33. The zero-order valence-corrected chi connectivity index (χ0v) is 11.8. The predicted octanol–water partition coefficient (Wildman–Crippen LogP) is 3.90. The number of halogens is 1. The Morgan fingerprint density at radius 3 is 2.86 bits per heavy atom. The summed E-state index contributed by atoms with van der Waals surface area (Å²) in [5, 5.41) is 3.24. The van der Waals surface area contributed by atoms with Gasteiger partial charge in [-0.3, -0.25) is 0 Å². The molecule has 1 aromatic heterocycles. The average molecular weight is 286 g/mol. The van der Waals surface area contributed by atoms with Gasteiger partial charge >= 0.3 is 0 Å². The topological polar surface area (TPSA) is 47.3 Å². The molecular formula is C16H15FN2O2. The van der Waals surface area contributed by atoms with Crippen LogP contribution in [0.15, 0.2) is 40.8 Å². The van der Waals surface area contributed by atoms with Crippen LogP contribution in [0.4, 0.5) is 10.1 Å². The number of ether oxygens (including phenoxy) is 1. The van der Waals surface area contributed by atoms with Gasteiger partial charge in [-0.15, -0.1) is 0 Å². The third-order valence-corrected chi connectivity index (χ3v) is 3.21. The zero-order chi connectivity index (χ0) is 14.8. The summed E-state index contributed by atoms with van der Waals surface area (Å²) in [5.74, 6) is 0.525. The number of hydrogen-bond acceptors (Lipinski definition) is 4. The molecule has 4 nitrogen and oxygen atoms in total. The smallest absolute Gasteiger partial charge is 0.192 e. The fraction of sp³-hybridized carbons (Fsp3) is 0.188. The molecule has 108 valence electrons. The van der Waals surface area contributed by atoms with E-state index < -0.39 is 0 Å². The molecule has 0 amide bonds. The fourth-order valence-corrected chi connectivity index (χ4v) is 2.18. The van der Waals surface area contributed by atoms with E-state index in [0.29, 0.717) is 12.4 Å². The van der Waals surface area contributed by atoms with Crippen molar-refractivity contribution in [2.75, 3.05) is 12.4 Å². The molecule has 0 spiro atoms. The number of rotatable bonds is 4. The Morgan fingerprint density at radius 1 is 1.24 bits per heavy atom. The maximum Gasteiger partial charge on any atom is 0.192 e. The molecule has 0 fully saturated rings. The fourth-order valence-electron chi connectivity index (χ4n) is 2.18.